The summed E-state index contributed by atoms with van der Waals surface area (Å²) in [5.74, 6) is 2.06. The number of carbonyl (C=O) groups is 1. The van der Waals surface area contributed by atoms with E-state index in [9.17, 15) is 4.79 Å². The van der Waals surface area contributed by atoms with Gasteiger partial charge >= 0.3 is 6.09 Å². The fourth-order valence-electron chi connectivity index (χ4n) is 4.37. The molecule has 0 radical (unpaired) electrons. The molecular formula is C19H27N5O2. The number of aromatic amines is 1. The summed E-state index contributed by atoms with van der Waals surface area (Å²) in [7, 11) is 2.12. The number of anilines is 1. The number of nitrogens with one attached hydrogen (secondary N) is 1. The van der Waals surface area contributed by atoms with Crippen LogP contribution in [0.4, 0.5) is 10.6 Å². The summed E-state index contributed by atoms with van der Waals surface area (Å²) >= 11 is 0. The van der Waals surface area contributed by atoms with E-state index in [1.165, 1.54) is 0 Å². The first-order chi connectivity index (χ1) is 12.3. The van der Waals surface area contributed by atoms with Gasteiger partial charge in [-0.25, -0.2) is 14.8 Å². The molecule has 7 heteroatoms. The van der Waals surface area contributed by atoms with Crippen molar-refractivity contribution in [3.05, 3.63) is 18.6 Å². The number of H-pyrrole nitrogens is 1. The fraction of sp³-hybridized carbons (Fsp3) is 0.632. The summed E-state index contributed by atoms with van der Waals surface area (Å²) in [6.45, 7) is 7.34. The molecular weight excluding hydrogens is 330 g/mol. The number of nitrogens with zero attached hydrogens (tertiary/aromatic N) is 4. The standard InChI is InChI=1S/C19H27N5O2/c1-19(2,3)26-18(25)24-9-12-7-14(8-13(12)10-24)23(4)17-15-5-6-20-16(15)21-11-22-17/h5-6,11-14H,7-10H2,1-4H3,(H,20,21,22)/t12-,13+,14-. The Morgan fingerprint density at radius 1 is 1.27 bits per heavy atom. The minimum atomic E-state index is -0.438. The lowest BCUT2D eigenvalue weighted by Crippen LogP contribution is -2.37. The zero-order valence-electron chi connectivity index (χ0n) is 15.9. The first-order valence-corrected chi connectivity index (χ1v) is 9.30. The Kier molecular flexibility index (Phi) is 4.04. The molecule has 1 aliphatic heterocycles. The zero-order valence-corrected chi connectivity index (χ0v) is 15.9. The van der Waals surface area contributed by atoms with Crippen molar-refractivity contribution in [1.29, 1.82) is 0 Å². The third kappa shape index (κ3) is 3.10. The second-order valence-corrected chi connectivity index (χ2v) is 8.58. The number of likely N-dealkylation sites (tertiary alicyclic amines) is 1. The van der Waals surface area contributed by atoms with Crippen molar-refractivity contribution in [1.82, 2.24) is 19.9 Å². The van der Waals surface area contributed by atoms with Gasteiger partial charge in [0.15, 0.2) is 0 Å². The molecule has 1 amide bonds. The van der Waals surface area contributed by atoms with Crippen molar-refractivity contribution < 1.29 is 9.53 Å². The maximum atomic E-state index is 12.3. The van der Waals surface area contributed by atoms with Gasteiger partial charge < -0.3 is 19.5 Å². The number of aromatic nitrogens is 3. The molecule has 7 nitrogen and oxygen atoms in total. The average molecular weight is 357 g/mol. The molecule has 2 aliphatic rings. The van der Waals surface area contributed by atoms with Gasteiger partial charge in [0.2, 0.25) is 0 Å². The summed E-state index contributed by atoms with van der Waals surface area (Å²) < 4.78 is 5.53. The Labute approximate surface area is 153 Å². The third-order valence-corrected chi connectivity index (χ3v) is 5.59. The van der Waals surface area contributed by atoms with Crippen LogP contribution < -0.4 is 4.90 Å². The van der Waals surface area contributed by atoms with Gasteiger partial charge in [0.05, 0.1) is 5.39 Å². The Balaban J connectivity index is 1.42. The van der Waals surface area contributed by atoms with Gasteiger partial charge in [-0.15, -0.1) is 0 Å². The smallest absolute Gasteiger partial charge is 0.410 e. The molecule has 2 fully saturated rings. The van der Waals surface area contributed by atoms with E-state index in [2.05, 4.69) is 26.9 Å². The molecule has 0 aromatic carbocycles. The predicted molar refractivity (Wildman–Crippen MR) is 100 cm³/mol. The fourth-order valence-corrected chi connectivity index (χ4v) is 4.37. The molecule has 4 rings (SSSR count). The van der Waals surface area contributed by atoms with Crippen LogP contribution >= 0.6 is 0 Å². The Bertz CT molecular complexity index is 798. The molecule has 1 N–H and O–H groups in total. The lowest BCUT2D eigenvalue weighted by molar-refractivity contribution is 0.0279. The first kappa shape index (κ1) is 17.1. The Morgan fingerprint density at radius 2 is 1.96 bits per heavy atom. The molecule has 140 valence electrons. The van der Waals surface area contributed by atoms with Gasteiger partial charge in [0.25, 0.3) is 0 Å². The number of carbonyl (C=O) groups excluding carboxylic acids is 1. The monoisotopic (exact) mass is 357 g/mol. The molecule has 3 atom stereocenters. The SMILES string of the molecule is CN(c1ncnc2[nH]ccc12)[C@@H]1C[C@@H]2CN(C(=O)OC(C)(C)C)C[C@@H]2C1. The number of hydrogen-bond donors (Lipinski definition) is 1. The molecule has 2 aromatic heterocycles. The summed E-state index contributed by atoms with van der Waals surface area (Å²) in [4.78, 5) is 28.4. The number of fused-ring (bicyclic) bond motifs is 2. The molecule has 1 saturated carbocycles. The summed E-state index contributed by atoms with van der Waals surface area (Å²) in [6.07, 6.45) is 5.50. The number of ether oxygens (including phenoxy) is 1. The van der Waals surface area contributed by atoms with Crippen molar-refractivity contribution in [2.24, 2.45) is 11.8 Å². The highest BCUT2D eigenvalue weighted by atomic mass is 16.6. The van der Waals surface area contributed by atoms with Gasteiger partial charge in [-0.1, -0.05) is 0 Å². The second-order valence-electron chi connectivity index (χ2n) is 8.58. The highest BCUT2D eigenvalue weighted by Crippen LogP contribution is 2.41. The number of amides is 1. The van der Waals surface area contributed by atoms with Crippen molar-refractivity contribution in [2.75, 3.05) is 25.0 Å². The first-order valence-electron chi connectivity index (χ1n) is 9.30. The summed E-state index contributed by atoms with van der Waals surface area (Å²) in [5.41, 5.74) is 0.433. The van der Waals surface area contributed by atoms with Crippen molar-refractivity contribution in [2.45, 2.75) is 45.3 Å². The van der Waals surface area contributed by atoms with Crippen LogP contribution in [0.25, 0.3) is 11.0 Å². The van der Waals surface area contributed by atoms with Crippen LogP contribution in [-0.4, -0.2) is 57.7 Å². The normalized spacial score (nSPS) is 25.5. The van der Waals surface area contributed by atoms with Gasteiger partial charge in [0, 0.05) is 32.4 Å². The van der Waals surface area contributed by atoms with Crippen LogP contribution in [0.2, 0.25) is 0 Å². The maximum absolute atomic E-state index is 12.3. The Hall–Kier alpha value is -2.31. The highest BCUT2D eigenvalue weighted by Gasteiger charge is 2.44. The second kappa shape index (κ2) is 6.14. The van der Waals surface area contributed by atoms with E-state index in [0.717, 1.165) is 42.8 Å². The van der Waals surface area contributed by atoms with Crippen molar-refractivity contribution in [3.8, 4) is 0 Å². The molecule has 0 bridgehead atoms. The average Bonchev–Trinajstić information content (AvgIpc) is 3.25. The summed E-state index contributed by atoms with van der Waals surface area (Å²) in [6, 6.07) is 2.47. The van der Waals surface area contributed by atoms with Gasteiger partial charge in [-0.2, -0.15) is 0 Å². The van der Waals surface area contributed by atoms with E-state index in [0.29, 0.717) is 17.9 Å². The lowest BCUT2D eigenvalue weighted by atomic mass is 10.0. The molecule has 1 saturated heterocycles. The molecule has 1 aliphatic carbocycles. The zero-order chi connectivity index (χ0) is 18.5. The molecule has 0 unspecified atom stereocenters. The molecule has 3 heterocycles. The molecule has 26 heavy (non-hydrogen) atoms. The quantitative estimate of drug-likeness (QED) is 0.894. The number of hydrogen-bond acceptors (Lipinski definition) is 5. The van der Waals surface area contributed by atoms with Crippen LogP contribution in [0.3, 0.4) is 0 Å². The van der Waals surface area contributed by atoms with Crippen LogP contribution in [0.5, 0.6) is 0 Å². The van der Waals surface area contributed by atoms with Gasteiger partial charge in [-0.05, 0) is 51.5 Å². The molecule has 0 spiro atoms. The lowest BCUT2D eigenvalue weighted by Gasteiger charge is -2.28. The predicted octanol–water partition coefficient (Wildman–Crippen LogP) is 3.04. The van der Waals surface area contributed by atoms with Crippen molar-refractivity contribution >= 4 is 22.9 Å². The van der Waals surface area contributed by atoms with Crippen LogP contribution in [0.15, 0.2) is 18.6 Å². The maximum Gasteiger partial charge on any atom is 0.410 e. The highest BCUT2D eigenvalue weighted by molar-refractivity contribution is 5.87. The van der Waals surface area contributed by atoms with Crippen LogP contribution in [-0.2, 0) is 4.74 Å². The van der Waals surface area contributed by atoms with Crippen LogP contribution in [0, 0.1) is 11.8 Å². The van der Waals surface area contributed by atoms with E-state index < -0.39 is 5.60 Å². The third-order valence-electron chi connectivity index (χ3n) is 5.59. The van der Waals surface area contributed by atoms with Gasteiger partial charge in [0.1, 0.15) is 23.4 Å². The van der Waals surface area contributed by atoms with Crippen molar-refractivity contribution in [3.63, 3.8) is 0 Å². The van der Waals surface area contributed by atoms with E-state index in [4.69, 9.17) is 4.74 Å². The van der Waals surface area contributed by atoms with Crippen LogP contribution in [0.1, 0.15) is 33.6 Å². The number of rotatable bonds is 2. The minimum Gasteiger partial charge on any atom is -0.444 e. The summed E-state index contributed by atoms with van der Waals surface area (Å²) in [5, 5.41) is 1.06. The Morgan fingerprint density at radius 3 is 2.62 bits per heavy atom. The minimum absolute atomic E-state index is 0.179. The van der Waals surface area contributed by atoms with Gasteiger partial charge in [-0.3, -0.25) is 0 Å². The largest absolute Gasteiger partial charge is 0.444 e. The van der Waals surface area contributed by atoms with E-state index >= 15 is 0 Å². The van der Waals surface area contributed by atoms with E-state index in [-0.39, 0.29) is 6.09 Å². The molecule has 2 aromatic rings. The topological polar surface area (TPSA) is 74.4 Å². The van der Waals surface area contributed by atoms with E-state index in [1.54, 1.807) is 6.33 Å². The van der Waals surface area contributed by atoms with E-state index in [1.807, 2.05) is 37.9 Å².